The minimum absolute atomic E-state index is 0.364. The van der Waals surface area contributed by atoms with Gasteiger partial charge in [-0.3, -0.25) is 4.79 Å². The van der Waals surface area contributed by atoms with Crippen molar-refractivity contribution in [3.8, 4) is 0 Å². The molecule has 3 heteroatoms. The van der Waals surface area contributed by atoms with Gasteiger partial charge in [-0.2, -0.15) is 0 Å². The third-order valence-corrected chi connectivity index (χ3v) is 3.17. The third kappa shape index (κ3) is 32.6. The number of aliphatic carboxylic acids is 1. The van der Waals surface area contributed by atoms with Crippen LogP contribution in [0.25, 0.3) is 0 Å². The summed E-state index contributed by atoms with van der Waals surface area (Å²) >= 11 is 0. The van der Waals surface area contributed by atoms with Crippen molar-refractivity contribution in [1.29, 1.82) is 0 Å². The van der Waals surface area contributed by atoms with Crippen molar-refractivity contribution < 1.29 is 15.0 Å². The number of hydrogen-bond acceptors (Lipinski definition) is 2. The van der Waals surface area contributed by atoms with E-state index in [9.17, 15) is 0 Å². The molecule has 0 saturated carbocycles. The molecule has 0 aromatic heterocycles. The molecular formula is C18H36O3. The number of carbonyl (C=O) groups is 1. The Kier molecular flexibility index (Phi) is 23.0. The van der Waals surface area contributed by atoms with Gasteiger partial charge in [-0.05, 0) is 32.1 Å². The molecule has 0 aromatic carbocycles. The summed E-state index contributed by atoms with van der Waals surface area (Å²) in [5.74, 6) is -0.833. The van der Waals surface area contributed by atoms with Gasteiger partial charge in [-0.15, -0.1) is 0 Å². The maximum atomic E-state index is 9.00. The maximum absolute atomic E-state index is 9.00. The Bertz CT molecular complexity index is 221. The van der Waals surface area contributed by atoms with Gasteiger partial charge in [0.2, 0.25) is 0 Å². The number of aliphatic hydroxyl groups excluding tert-OH is 1. The molecule has 0 bridgehead atoms. The molecule has 2 N–H and O–H groups in total. The fraction of sp³-hybridized carbons (Fsp3) is 0.833. The van der Waals surface area contributed by atoms with E-state index in [4.69, 9.17) is 15.0 Å². The van der Waals surface area contributed by atoms with Crippen molar-refractivity contribution >= 4 is 5.97 Å². The average molecular weight is 300 g/mol. The van der Waals surface area contributed by atoms with Crippen molar-refractivity contribution in [3.05, 3.63) is 12.2 Å². The molecule has 0 aromatic rings. The standard InChI is InChI=1S/C16H32O.C2H4O2/c1-2-3-4-5-6-7-8-9-10-11-12-13-14-15-16-17;1-2(3)4/h6-7,17H,2-5,8-16H2,1H3;1H3,(H,3,4)/b7-6-;. The van der Waals surface area contributed by atoms with E-state index in [1.165, 1.54) is 70.6 Å². The molecule has 0 aliphatic rings. The van der Waals surface area contributed by atoms with Gasteiger partial charge in [0.1, 0.15) is 0 Å². The van der Waals surface area contributed by atoms with Crippen LogP contribution in [0.5, 0.6) is 0 Å². The largest absolute Gasteiger partial charge is 0.481 e. The number of rotatable bonds is 13. The summed E-state index contributed by atoms with van der Waals surface area (Å²) in [5, 5.41) is 16.1. The average Bonchev–Trinajstić information content (AvgIpc) is 2.43. The van der Waals surface area contributed by atoms with E-state index in [1.54, 1.807) is 0 Å². The highest BCUT2D eigenvalue weighted by atomic mass is 16.4. The van der Waals surface area contributed by atoms with Gasteiger partial charge in [-0.25, -0.2) is 0 Å². The van der Waals surface area contributed by atoms with Crippen LogP contribution in [0.2, 0.25) is 0 Å². The van der Waals surface area contributed by atoms with Crippen LogP contribution in [-0.2, 0) is 4.79 Å². The minimum atomic E-state index is -0.833. The van der Waals surface area contributed by atoms with Crippen LogP contribution < -0.4 is 0 Å². The zero-order chi connectivity index (χ0) is 16.2. The van der Waals surface area contributed by atoms with E-state index in [0.29, 0.717) is 6.61 Å². The Labute approximate surface area is 131 Å². The number of carboxylic acid groups (broad SMARTS) is 1. The number of carboxylic acids is 1. The van der Waals surface area contributed by atoms with Crippen LogP contribution in [0, 0.1) is 0 Å². The first-order valence-electron chi connectivity index (χ1n) is 8.60. The molecule has 126 valence electrons. The number of unbranched alkanes of at least 4 members (excludes halogenated alkanes) is 10. The lowest BCUT2D eigenvalue weighted by Gasteiger charge is -1.99. The molecule has 0 aliphatic carbocycles. The van der Waals surface area contributed by atoms with Crippen LogP contribution >= 0.6 is 0 Å². The van der Waals surface area contributed by atoms with Gasteiger partial charge in [0, 0.05) is 13.5 Å². The molecule has 0 atom stereocenters. The summed E-state index contributed by atoms with van der Waals surface area (Å²) in [6.45, 7) is 3.70. The van der Waals surface area contributed by atoms with E-state index in [0.717, 1.165) is 13.3 Å². The number of hydrogen-bond donors (Lipinski definition) is 2. The molecular weight excluding hydrogens is 264 g/mol. The zero-order valence-electron chi connectivity index (χ0n) is 14.1. The Morgan fingerprint density at radius 3 is 1.62 bits per heavy atom. The van der Waals surface area contributed by atoms with Gasteiger partial charge in [-0.1, -0.05) is 64.0 Å². The van der Waals surface area contributed by atoms with Crippen molar-refractivity contribution in [2.75, 3.05) is 6.61 Å². The smallest absolute Gasteiger partial charge is 0.300 e. The van der Waals surface area contributed by atoms with Crippen molar-refractivity contribution in [3.63, 3.8) is 0 Å². The number of allylic oxidation sites excluding steroid dienone is 2. The fourth-order valence-corrected chi connectivity index (χ4v) is 2.01. The van der Waals surface area contributed by atoms with E-state index in [1.807, 2.05) is 0 Å². The van der Waals surface area contributed by atoms with Crippen LogP contribution in [0.1, 0.15) is 90.9 Å². The third-order valence-electron chi connectivity index (χ3n) is 3.17. The van der Waals surface area contributed by atoms with Crippen LogP contribution in [0.3, 0.4) is 0 Å². The molecule has 0 fully saturated rings. The molecule has 21 heavy (non-hydrogen) atoms. The fourth-order valence-electron chi connectivity index (χ4n) is 2.01. The summed E-state index contributed by atoms with van der Waals surface area (Å²) in [4.78, 5) is 9.00. The van der Waals surface area contributed by atoms with Crippen LogP contribution in [0.15, 0.2) is 12.2 Å². The Hall–Kier alpha value is -0.830. The van der Waals surface area contributed by atoms with E-state index in [2.05, 4.69) is 19.1 Å². The van der Waals surface area contributed by atoms with Gasteiger partial charge in [0.15, 0.2) is 0 Å². The quantitative estimate of drug-likeness (QED) is 0.357. The molecule has 0 amide bonds. The lowest BCUT2D eigenvalue weighted by Crippen LogP contribution is -1.83. The highest BCUT2D eigenvalue weighted by Gasteiger charge is 1.90. The minimum Gasteiger partial charge on any atom is -0.481 e. The maximum Gasteiger partial charge on any atom is 0.300 e. The van der Waals surface area contributed by atoms with E-state index < -0.39 is 5.97 Å². The summed E-state index contributed by atoms with van der Waals surface area (Å²) < 4.78 is 0. The summed E-state index contributed by atoms with van der Waals surface area (Å²) in [6.07, 6.45) is 20.2. The number of aliphatic hydroxyl groups is 1. The molecule has 0 heterocycles. The predicted molar refractivity (Wildman–Crippen MR) is 90.6 cm³/mol. The molecule has 0 unspecified atom stereocenters. The second-order valence-electron chi connectivity index (χ2n) is 5.47. The molecule has 0 radical (unpaired) electrons. The van der Waals surface area contributed by atoms with Gasteiger partial charge < -0.3 is 10.2 Å². The lowest BCUT2D eigenvalue weighted by atomic mass is 10.1. The second kappa shape index (κ2) is 21.5. The Balaban J connectivity index is 0. The molecule has 0 aliphatic heterocycles. The topological polar surface area (TPSA) is 57.5 Å². The SMILES string of the molecule is CC(=O)O.CCCCC/C=C\CCCCCCCCCO. The Morgan fingerprint density at radius 1 is 0.810 bits per heavy atom. The summed E-state index contributed by atoms with van der Waals surface area (Å²) in [6, 6.07) is 0. The highest BCUT2D eigenvalue weighted by Crippen LogP contribution is 2.09. The molecule has 0 rings (SSSR count). The summed E-state index contributed by atoms with van der Waals surface area (Å²) in [7, 11) is 0. The lowest BCUT2D eigenvalue weighted by molar-refractivity contribution is -0.134. The van der Waals surface area contributed by atoms with Crippen molar-refractivity contribution in [2.45, 2.75) is 90.9 Å². The van der Waals surface area contributed by atoms with Crippen molar-refractivity contribution in [2.24, 2.45) is 0 Å². The highest BCUT2D eigenvalue weighted by molar-refractivity contribution is 5.62. The van der Waals surface area contributed by atoms with Gasteiger partial charge in [0.05, 0.1) is 0 Å². The molecule has 0 spiro atoms. The first-order chi connectivity index (χ1) is 10.1. The first kappa shape index (κ1) is 22.5. The normalized spacial score (nSPS) is 10.4. The predicted octanol–water partition coefficient (Wildman–Crippen LogP) is 5.33. The van der Waals surface area contributed by atoms with E-state index in [-0.39, 0.29) is 0 Å². The van der Waals surface area contributed by atoms with E-state index >= 15 is 0 Å². The van der Waals surface area contributed by atoms with Gasteiger partial charge in [0.25, 0.3) is 5.97 Å². The zero-order valence-corrected chi connectivity index (χ0v) is 14.1. The second-order valence-corrected chi connectivity index (χ2v) is 5.47. The van der Waals surface area contributed by atoms with Crippen LogP contribution in [0.4, 0.5) is 0 Å². The van der Waals surface area contributed by atoms with Crippen LogP contribution in [-0.4, -0.2) is 22.8 Å². The van der Waals surface area contributed by atoms with Crippen molar-refractivity contribution in [1.82, 2.24) is 0 Å². The Morgan fingerprint density at radius 2 is 1.19 bits per heavy atom. The molecule has 3 nitrogen and oxygen atoms in total. The monoisotopic (exact) mass is 300 g/mol. The first-order valence-corrected chi connectivity index (χ1v) is 8.60. The van der Waals surface area contributed by atoms with Gasteiger partial charge >= 0.3 is 0 Å². The summed E-state index contributed by atoms with van der Waals surface area (Å²) in [5.41, 5.74) is 0. The molecule has 0 saturated heterocycles.